The first-order valence-corrected chi connectivity index (χ1v) is 8.16. The van der Waals surface area contributed by atoms with Gasteiger partial charge in [0.15, 0.2) is 5.82 Å². The van der Waals surface area contributed by atoms with Gasteiger partial charge in [-0.3, -0.25) is 4.98 Å². The SMILES string of the molecule is CCc1nnc(Nc2cnc([C@@H]3CCCN(C)C3)cn2)s1. The number of aromatic nitrogens is 4. The minimum absolute atomic E-state index is 0.499. The normalized spacial score (nSPS) is 19.6. The molecule has 1 fully saturated rings. The molecule has 112 valence electrons. The second-order valence-corrected chi connectivity index (χ2v) is 6.47. The number of likely N-dealkylation sites (N-methyl/N-ethyl adjacent to an activating group) is 1. The Hall–Kier alpha value is -1.60. The van der Waals surface area contributed by atoms with Crippen LogP contribution < -0.4 is 5.32 Å². The minimum Gasteiger partial charge on any atom is -0.313 e. The molecule has 2 aromatic rings. The van der Waals surface area contributed by atoms with Gasteiger partial charge in [-0.05, 0) is 32.9 Å². The summed E-state index contributed by atoms with van der Waals surface area (Å²) in [7, 11) is 2.16. The molecule has 1 atom stereocenters. The maximum absolute atomic E-state index is 4.56. The first-order valence-electron chi connectivity index (χ1n) is 7.34. The monoisotopic (exact) mass is 304 g/mol. The summed E-state index contributed by atoms with van der Waals surface area (Å²) in [5.74, 6) is 1.22. The van der Waals surface area contributed by atoms with E-state index >= 15 is 0 Å². The third-order valence-electron chi connectivity index (χ3n) is 3.72. The van der Waals surface area contributed by atoms with E-state index in [1.54, 1.807) is 17.5 Å². The summed E-state index contributed by atoms with van der Waals surface area (Å²) in [5.41, 5.74) is 1.08. The summed E-state index contributed by atoms with van der Waals surface area (Å²) in [6.07, 6.45) is 7.00. The van der Waals surface area contributed by atoms with E-state index in [9.17, 15) is 0 Å². The predicted molar refractivity (Wildman–Crippen MR) is 84.1 cm³/mol. The summed E-state index contributed by atoms with van der Waals surface area (Å²) < 4.78 is 0. The van der Waals surface area contributed by atoms with Crippen LogP contribution in [0.1, 0.15) is 36.4 Å². The van der Waals surface area contributed by atoms with Crippen LogP contribution in [-0.2, 0) is 6.42 Å². The van der Waals surface area contributed by atoms with Crippen LogP contribution in [0.25, 0.3) is 0 Å². The van der Waals surface area contributed by atoms with Crippen LogP contribution in [0.2, 0.25) is 0 Å². The molecule has 1 saturated heterocycles. The molecule has 0 amide bonds. The average Bonchev–Trinajstić information content (AvgIpc) is 2.96. The van der Waals surface area contributed by atoms with Crippen molar-refractivity contribution in [3.8, 4) is 0 Å². The fraction of sp³-hybridized carbons (Fsp3) is 0.571. The molecule has 1 aliphatic heterocycles. The smallest absolute Gasteiger partial charge is 0.211 e. The lowest BCUT2D eigenvalue weighted by Gasteiger charge is -2.29. The second kappa shape index (κ2) is 6.44. The largest absolute Gasteiger partial charge is 0.313 e. The van der Waals surface area contributed by atoms with Gasteiger partial charge in [-0.15, -0.1) is 10.2 Å². The van der Waals surface area contributed by atoms with Gasteiger partial charge in [0.25, 0.3) is 0 Å². The molecule has 1 aliphatic rings. The molecule has 21 heavy (non-hydrogen) atoms. The van der Waals surface area contributed by atoms with Crippen molar-refractivity contribution in [1.29, 1.82) is 0 Å². The van der Waals surface area contributed by atoms with Gasteiger partial charge >= 0.3 is 0 Å². The van der Waals surface area contributed by atoms with Crippen LogP contribution in [0.3, 0.4) is 0 Å². The molecule has 1 N–H and O–H groups in total. The fourth-order valence-corrected chi connectivity index (χ4v) is 3.26. The summed E-state index contributed by atoms with van der Waals surface area (Å²) in [6.45, 7) is 4.32. The Kier molecular flexibility index (Phi) is 4.40. The number of rotatable bonds is 4. The van der Waals surface area contributed by atoms with Crippen LogP contribution in [0.5, 0.6) is 0 Å². The second-order valence-electron chi connectivity index (χ2n) is 5.41. The lowest BCUT2D eigenvalue weighted by molar-refractivity contribution is 0.248. The van der Waals surface area contributed by atoms with E-state index in [0.717, 1.165) is 34.6 Å². The molecule has 6 nitrogen and oxygen atoms in total. The molecule has 0 spiro atoms. The van der Waals surface area contributed by atoms with Crippen LogP contribution in [0.4, 0.5) is 10.9 Å². The number of anilines is 2. The van der Waals surface area contributed by atoms with Crippen LogP contribution in [0.15, 0.2) is 12.4 Å². The van der Waals surface area contributed by atoms with Crippen molar-refractivity contribution < 1.29 is 0 Å². The van der Waals surface area contributed by atoms with Crippen LogP contribution in [0, 0.1) is 0 Å². The van der Waals surface area contributed by atoms with Crippen molar-refractivity contribution in [2.24, 2.45) is 0 Å². The number of nitrogens with zero attached hydrogens (tertiary/aromatic N) is 5. The highest BCUT2D eigenvalue weighted by Crippen LogP contribution is 2.25. The molecule has 0 saturated carbocycles. The first kappa shape index (κ1) is 14.3. The lowest BCUT2D eigenvalue weighted by atomic mass is 9.95. The van der Waals surface area contributed by atoms with Gasteiger partial charge in [-0.25, -0.2) is 4.98 Å². The van der Waals surface area contributed by atoms with Gasteiger partial charge < -0.3 is 10.2 Å². The number of nitrogens with one attached hydrogen (secondary N) is 1. The molecular formula is C14H20N6S. The van der Waals surface area contributed by atoms with Crippen molar-refractivity contribution in [3.63, 3.8) is 0 Å². The topological polar surface area (TPSA) is 66.8 Å². The number of aryl methyl sites for hydroxylation is 1. The highest BCUT2D eigenvalue weighted by atomic mass is 32.1. The van der Waals surface area contributed by atoms with Crippen molar-refractivity contribution >= 4 is 22.3 Å². The minimum atomic E-state index is 0.499. The van der Waals surface area contributed by atoms with E-state index in [1.807, 2.05) is 6.20 Å². The van der Waals surface area contributed by atoms with E-state index in [4.69, 9.17) is 0 Å². The molecular weight excluding hydrogens is 284 g/mol. The van der Waals surface area contributed by atoms with Crippen molar-refractivity contribution in [2.75, 3.05) is 25.5 Å². The lowest BCUT2D eigenvalue weighted by Crippen LogP contribution is -2.31. The zero-order valence-electron chi connectivity index (χ0n) is 12.4. The molecule has 0 bridgehead atoms. The van der Waals surface area contributed by atoms with Gasteiger partial charge in [0, 0.05) is 12.5 Å². The Balaban J connectivity index is 1.66. The van der Waals surface area contributed by atoms with Crippen LogP contribution in [-0.4, -0.2) is 45.2 Å². The number of hydrogen-bond donors (Lipinski definition) is 1. The Morgan fingerprint density at radius 3 is 2.90 bits per heavy atom. The van der Waals surface area contributed by atoms with Crippen molar-refractivity contribution in [3.05, 3.63) is 23.1 Å². The number of piperidine rings is 1. The van der Waals surface area contributed by atoms with E-state index in [1.165, 1.54) is 19.4 Å². The molecule has 7 heteroatoms. The number of hydrogen-bond acceptors (Lipinski definition) is 7. The van der Waals surface area contributed by atoms with Gasteiger partial charge in [0.1, 0.15) is 5.01 Å². The summed E-state index contributed by atoms with van der Waals surface area (Å²) >= 11 is 1.55. The zero-order chi connectivity index (χ0) is 14.7. The van der Waals surface area contributed by atoms with E-state index in [2.05, 4.69) is 44.4 Å². The van der Waals surface area contributed by atoms with E-state index in [0.29, 0.717) is 5.92 Å². The standard InChI is InChI=1S/C14H20N6S/c1-3-13-18-19-14(21-13)17-12-8-15-11(7-16-12)10-5-4-6-20(2)9-10/h7-8,10H,3-6,9H2,1-2H3,(H,16,17,19)/t10-/m1/s1. The highest BCUT2D eigenvalue weighted by molar-refractivity contribution is 7.15. The fourth-order valence-electron chi connectivity index (χ4n) is 2.58. The Morgan fingerprint density at radius 2 is 2.24 bits per heavy atom. The van der Waals surface area contributed by atoms with Gasteiger partial charge in [0.2, 0.25) is 5.13 Å². The Morgan fingerprint density at radius 1 is 1.33 bits per heavy atom. The molecule has 3 rings (SSSR count). The average molecular weight is 304 g/mol. The predicted octanol–water partition coefficient (Wildman–Crippen LogP) is 2.44. The maximum Gasteiger partial charge on any atom is 0.211 e. The van der Waals surface area contributed by atoms with Gasteiger partial charge in [-0.2, -0.15) is 0 Å². The Labute approximate surface area is 128 Å². The molecule has 0 radical (unpaired) electrons. The molecule has 0 aliphatic carbocycles. The summed E-state index contributed by atoms with van der Waals surface area (Å²) in [4.78, 5) is 11.4. The molecule has 2 aromatic heterocycles. The molecule has 0 unspecified atom stereocenters. The van der Waals surface area contributed by atoms with E-state index in [-0.39, 0.29) is 0 Å². The van der Waals surface area contributed by atoms with Crippen molar-refractivity contribution in [2.45, 2.75) is 32.1 Å². The van der Waals surface area contributed by atoms with Gasteiger partial charge in [-0.1, -0.05) is 18.3 Å². The van der Waals surface area contributed by atoms with E-state index < -0.39 is 0 Å². The number of likely N-dealkylation sites (tertiary alicyclic amines) is 1. The first-order chi connectivity index (χ1) is 10.2. The molecule has 0 aromatic carbocycles. The Bertz CT molecular complexity index is 581. The highest BCUT2D eigenvalue weighted by Gasteiger charge is 2.20. The van der Waals surface area contributed by atoms with Crippen molar-refractivity contribution in [1.82, 2.24) is 25.1 Å². The third kappa shape index (κ3) is 3.54. The molecule has 3 heterocycles. The third-order valence-corrected chi connectivity index (χ3v) is 4.70. The van der Waals surface area contributed by atoms with Gasteiger partial charge in [0.05, 0.1) is 18.1 Å². The summed E-state index contributed by atoms with van der Waals surface area (Å²) in [5, 5.41) is 13.1. The zero-order valence-corrected chi connectivity index (χ0v) is 13.2. The quantitative estimate of drug-likeness (QED) is 0.936. The van der Waals surface area contributed by atoms with Crippen LogP contribution >= 0.6 is 11.3 Å². The summed E-state index contributed by atoms with van der Waals surface area (Å²) in [6, 6.07) is 0. The maximum atomic E-state index is 4.56.